The first-order valence-electron chi connectivity index (χ1n) is 8.44. The molecule has 0 aliphatic rings. The third-order valence-corrected chi connectivity index (χ3v) is 4.23. The highest BCUT2D eigenvalue weighted by molar-refractivity contribution is 6.04. The number of rotatable bonds is 4. The van der Waals surface area contributed by atoms with Crippen LogP contribution >= 0.6 is 0 Å². The lowest BCUT2D eigenvalue weighted by atomic mass is 9.87. The van der Waals surface area contributed by atoms with Crippen LogP contribution in [0.15, 0.2) is 61.2 Å². The number of nitrogens with zero attached hydrogens (tertiary/aromatic N) is 3. The Hall–Kier alpha value is -3.48. The van der Waals surface area contributed by atoms with Crippen LogP contribution in [-0.4, -0.2) is 20.4 Å². The molecular formula is C20H20N4O3. The van der Waals surface area contributed by atoms with Crippen LogP contribution < -0.4 is 5.32 Å². The zero-order chi connectivity index (χ0) is 19.6. The van der Waals surface area contributed by atoms with Crippen molar-refractivity contribution in [2.24, 2.45) is 0 Å². The highest BCUT2D eigenvalue weighted by atomic mass is 16.6. The summed E-state index contributed by atoms with van der Waals surface area (Å²) in [4.78, 5) is 27.3. The van der Waals surface area contributed by atoms with Gasteiger partial charge < -0.3 is 9.88 Å². The standard InChI is InChI=1S/C20H20N4O3/c1-20(2,3)15-5-7-16(8-6-15)22-19(25)14-4-9-17(18(12-14)24(26)27)23-11-10-21-13-23/h4-13H,1-3H3,(H,22,25). The number of nitro groups is 1. The summed E-state index contributed by atoms with van der Waals surface area (Å²) in [5, 5.41) is 14.2. The summed E-state index contributed by atoms with van der Waals surface area (Å²) >= 11 is 0. The van der Waals surface area contributed by atoms with Gasteiger partial charge in [0.05, 0.1) is 11.3 Å². The molecule has 0 spiro atoms. The van der Waals surface area contributed by atoms with Crippen LogP contribution in [0.5, 0.6) is 0 Å². The van der Waals surface area contributed by atoms with Crippen LogP contribution in [0.25, 0.3) is 5.69 Å². The molecule has 3 rings (SSSR count). The maximum absolute atomic E-state index is 12.5. The molecule has 0 unspecified atom stereocenters. The van der Waals surface area contributed by atoms with Crippen molar-refractivity contribution in [1.29, 1.82) is 0 Å². The van der Waals surface area contributed by atoms with Crippen molar-refractivity contribution in [2.45, 2.75) is 26.2 Å². The third kappa shape index (κ3) is 4.03. The number of hydrogen-bond donors (Lipinski definition) is 1. The molecule has 0 aliphatic carbocycles. The molecule has 0 aliphatic heterocycles. The van der Waals surface area contributed by atoms with Crippen molar-refractivity contribution in [2.75, 3.05) is 5.32 Å². The number of amides is 1. The predicted octanol–water partition coefficient (Wildman–Crippen LogP) is 4.33. The monoisotopic (exact) mass is 364 g/mol. The van der Waals surface area contributed by atoms with Crippen molar-refractivity contribution in [3.8, 4) is 5.69 Å². The van der Waals surface area contributed by atoms with Crippen molar-refractivity contribution in [1.82, 2.24) is 9.55 Å². The van der Waals surface area contributed by atoms with Gasteiger partial charge in [0.15, 0.2) is 0 Å². The first-order chi connectivity index (χ1) is 12.8. The quantitative estimate of drug-likeness (QED) is 0.551. The second-order valence-corrected chi connectivity index (χ2v) is 7.21. The largest absolute Gasteiger partial charge is 0.322 e. The molecule has 3 aromatic rings. The summed E-state index contributed by atoms with van der Waals surface area (Å²) in [7, 11) is 0. The van der Waals surface area contributed by atoms with Gasteiger partial charge in [0.2, 0.25) is 0 Å². The van der Waals surface area contributed by atoms with Crippen LogP contribution in [0, 0.1) is 10.1 Å². The minimum atomic E-state index is -0.510. The normalized spacial score (nSPS) is 11.2. The fourth-order valence-corrected chi connectivity index (χ4v) is 2.69. The molecule has 1 amide bonds. The fourth-order valence-electron chi connectivity index (χ4n) is 2.69. The van der Waals surface area contributed by atoms with Crippen LogP contribution in [0.4, 0.5) is 11.4 Å². The van der Waals surface area contributed by atoms with E-state index < -0.39 is 10.8 Å². The van der Waals surface area contributed by atoms with Gasteiger partial charge in [-0.1, -0.05) is 32.9 Å². The highest BCUT2D eigenvalue weighted by Crippen LogP contribution is 2.26. The SMILES string of the molecule is CC(C)(C)c1ccc(NC(=O)c2ccc(-n3ccnc3)c([N+](=O)[O-])c2)cc1. The summed E-state index contributed by atoms with van der Waals surface area (Å²) < 4.78 is 1.53. The van der Waals surface area contributed by atoms with Gasteiger partial charge in [-0.05, 0) is 35.2 Å². The zero-order valence-electron chi connectivity index (χ0n) is 15.3. The molecule has 1 heterocycles. The van der Waals surface area contributed by atoms with Gasteiger partial charge in [-0.25, -0.2) is 4.98 Å². The van der Waals surface area contributed by atoms with E-state index in [1.165, 1.54) is 29.2 Å². The van der Waals surface area contributed by atoms with Gasteiger partial charge >= 0.3 is 0 Å². The van der Waals surface area contributed by atoms with E-state index in [2.05, 4.69) is 31.1 Å². The summed E-state index contributed by atoms with van der Waals surface area (Å²) in [6.07, 6.45) is 4.61. The fraction of sp³-hybridized carbons (Fsp3) is 0.200. The molecule has 1 N–H and O–H groups in total. The molecule has 7 heteroatoms. The molecule has 0 saturated carbocycles. The number of nitrogens with one attached hydrogen (secondary N) is 1. The zero-order valence-corrected chi connectivity index (χ0v) is 15.3. The Morgan fingerprint density at radius 2 is 1.85 bits per heavy atom. The smallest absolute Gasteiger partial charge is 0.294 e. The van der Waals surface area contributed by atoms with Gasteiger partial charge in [-0.3, -0.25) is 14.9 Å². The van der Waals surface area contributed by atoms with Gasteiger partial charge in [0.25, 0.3) is 11.6 Å². The first-order valence-corrected chi connectivity index (χ1v) is 8.44. The van der Waals surface area contributed by atoms with Crippen LogP contribution in [0.3, 0.4) is 0 Å². The Kier molecular flexibility index (Phi) is 4.77. The number of nitro benzene ring substituents is 1. The topological polar surface area (TPSA) is 90.1 Å². The predicted molar refractivity (Wildman–Crippen MR) is 103 cm³/mol. The van der Waals surface area contributed by atoms with Crippen LogP contribution in [0.1, 0.15) is 36.7 Å². The Morgan fingerprint density at radius 1 is 1.15 bits per heavy atom. The third-order valence-electron chi connectivity index (χ3n) is 4.23. The summed E-state index contributed by atoms with van der Waals surface area (Å²) in [5.41, 5.74) is 2.21. The lowest BCUT2D eigenvalue weighted by Gasteiger charge is -2.19. The average molecular weight is 364 g/mol. The molecule has 7 nitrogen and oxygen atoms in total. The molecule has 0 saturated heterocycles. The molecule has 27 heavy (non-hydrogen) atoms. The average Bonchev–Trinajstić information content (AvgIpc) is 3.15. The molecule has 138 valence electrons. The van der Waals surface area contributed by atoms with Gasteiger partial charge in [0, 0.05) is 29.7 Å². The van der Waals surface area contributed by atoms with Gasteiger partial charge in [0.1, 0.15) is 5.69 Å². The molecule has 0 bridgehead atoms. The van der Waals surface area contributed by atoms with E-state index in [9.17, 15) is 14.9 Å². The summed E-state index contributed by atoms with van der Waals surface area (Å²) in [5.74, 6) is -0.404. The van der Waals surface area contributed by atoms with E-state index in [-0.39, 0.29) is 16.7 Å². The Labute approximate surface area is 156 Å². The number of carbonyl (C=O) groups is 1. The van der Waals surface area contributed by atoms with Crippen molar-refractivity contribution < 1.29 is 9.72 Å². The lowest BCUT2D eigenvalue weighted by molar-refractivity contribution is -0.384. The second-order valence-electron chi connectivity index (χ2n) is 7.21. The van der Waals surface area contributed by atoms with E-state index in [0.29, 0.717) is 11.4 Å². The Morgan fingerprint density at radius 3 is 2.41 bits per heavy atom. The van der Waals surface area contributed by atoms with E-state index in [1.807, 2.05) is 24.3 Å². The molecule has 0 fully saturated rings. The van der Waals surface area contributed by atoms with Crippen LogP contribution in [0.2, 0.25) is 0 Å². The van der Waals surface area contributed by atoms with Crippen molar-refractivity contribution in [3.05, 3.63) is 82.4 Å². The number of carbonyl (C=O) groups excluding carboxylic acids is 1. The van der Waals surface area contributed by atoms with E-state index in [1.54, 1.807) is 12.3 Å². The second kappa shape index (κ2) is 7.03. The number of benzene rings is 2. The summed E-state index contributed by atoms with van der Waals surface area (Å²) in [6, 6.07) is 11.9. The molecule has 0 atom stereocenters. The van der Waals surface area contributed by atoms with E-state index >= 15 is 0 Å². The van der Waals surface area contributed by atoms with Crippen molar-refractivity contribution >= 4 is 17.3 Å². The van der Waals surface area contributed by atoms with Gasteiger partial charge in [-0.15, -0.1) is 0 Å². The van der Waals surface area contributed by atoms with Crippen molar-refractivity contribution in [3.63, 3.8) is 0 Å². The maximum atomic E-state index is 12.5. The van der Waals surface area contributed by atoms with Gasteiger partial charge in [-0.2, -0.15) is 0 Å². The number of aromatic nitrogens is 2. The highest BCUT2D eigenvalue weighted by Gasteiger charge is 2.19. The van der Waals surface area contributed by atoms with Crippen LogP contribution in [-0.2, 0) is 5.41 Å². The number of hydrogen-bond acceptors (Lipinski definition) is 4. The van der Waals surface area contributed by atoms with E-state index in [4.69, 9.17) is 0 Å². The maximum Gasteiger partial charge on any atom is 0.294 e. The lowest BCUT2D eigenvalue weighted by Crippen LogP contribution is -2.14. The Balaban J connectivity index is 1.85. The molecular weight excluding hydrogens is 344 g/mol. The molecule has 1 aromatic heterocycles. The number of anilines is 1. The minimum absolute atomic E-state index is 0.0201. The Bertz CT molecular complexity index is 971. The molecule has 2 aromatic carbocycles. The molecule has 0 radical (unpaired) electrons. The first kappa shape index (κ1) is 18.3. The summed E-state index contributed by atoms with van der Waals surface area (Å²) in [6.45, 7) is 6.34. The van der Waals surface area contributed by atoms with E-state index in [0.717, 1.165) is 5.56 Å². The minimum Gasteiger partial charge on any atom is -0.322 e. The number of imidazole rings is 1.